The molecule has 0 aliphatic carbocycles. The highest BCUT2D eigenvalue weighted by Gasteiger charge is 2.00. The van der Waals surface area contributed by atoms with E-state index in [-0.39, 0.29) is 6.10 Å². The Balaban J connectivity index is 2.82. The Morgan fingerprint density at radius 1 is 1.33 bits per heavy atom. The van der Waals surface area contributed by atoms with E-state index >= 15 is 0 Å². The molecule has 0 unspecified atom stereocenters. The molecule has 0 heterocycles. The van der Waals surface area contributed by atoms with Crippen molar-refractivity contribution in [3.63, 3.8) is 0 Å². The fourth-order valence-electron chi connectivity index (χ4n) is 0.973. The molecule has 0 aromatic heterocycles. The van der Waals surface area contributed by atoms with Gasteiger partial charge in [0.25, 0.3) is 0 Å². The second kappa shape index (κ2) is 3.48. The lowest BCUT2D eigenvalue weighted by Crippen LogP contribution is -2.05. The Kier molecular flexibility index (Phi) is 2.58. The third-order valence-electron chi connectivity index (χ3n) is 1.54. The molecule has 1 aromatic carbocycles. The first-order chi connectivity index (χ1) is 5.59. The second-order valence-electron chi connectivity index (χ2n) is 3.11. The van der Waals surface area contributed by atoms with E-state index in [9.17, 15) is 5.11 Å². The molecule has 0 saturated heterocycles. The van der Waals surface area contributed by atoms with Gasteiger partial charge >= 0.3 is 0 Å². The van der Waals surface area contributed by atoms with Gasteiger partial charge in [-0.3, -0.25) is 0 Å². The van der Waals surface area contributed by atoms with Crippen molar-refractivity contribution in [1.29, 1.82) is 0 Å². The zero-order chi connectivity index (χ0) is 9.14. The van der Waals surface area contributed by atoms with Gasteiger partial charge in [-0.15, -0.1) is 0 Å². The van der Waals surface area contributed by atoms with Crippen LogP contribution in [0.1, 0.15) is 19.4 Å². The number of hydrogen-bond acceptors (Lipinski definition) is 2. The van der Waals surface area contributed by atoms with Crippen molar-refractivity contribution < 1.29 is 9.84 Å². The van der Waals surface area contributed by atoms with Crippen molar-refractivity contribution in [2.45, 2.75) is 26.9 Å². The Hall–Kier alpha value is -1.18. The number of hydrogen-bond donors (Lipinski definition) is 1. The van der Waals surface area contributed by atoms with Gasteiger partial charge in [0.05, 0.1) is 6.10 Å². The molecule has 0 atom stereocenters. The van der Waals surface area contributed by atoms with E-state index in [1.807, 2.05) is 26.8 Å². The fourth-order valence-corrected chi connectivity index (χ4v) is 0.973. The smallest absolute Gasteiger partial charge is 0.120 e. The average molecular weight is 166 g/mol. The van der Waals surface area contributed by atoms with Gasteiger partial charge in [-0.05, 0) is 44.5 Å². The maximum Gasteiger partial charge on any atom is 0.120 e. The van der Waals surface area contributed by atoms with Gasteiger partial charge in [0, 0.05) is 0 Å². The topological polar surface area (TPSA) is 29.5 Å². The number of aromatic hydroxyl groups is 1. The largest absolute Gasteiger partial charge is 0.508 e. The van der Waals surface area contributed by atoms with Crippen LogP contribution in [0.3, 0.4) is 0 Å². The first kappa shape index (κ1) is 8.91. The standard InChI is InChI=1S/C10H14O2/c1-7(2)12-9-4-5-10(11)8(3)6-9/h4-7,11H,1-3H3. The van der Waals surface area contributed by atoms with Crippen LogP contribution in [0.15, 0.2) is 18.2 Å². The van der Waals surface area contributed by atoms with Crippen LogP contribution >= 0.6 is 0 Å². The summed E-state index contributed by atoms with van der Waals surface area (Å²) in [5, 5.41) is 9.22. The van der Waals surface area contributed by atoms with E-state index in [2.05, 4.69) is 0 Å². The van der Waals surface area contributed by atoms with E-state index in [1.54, 1.807) is 12.1 Å². The first-order valence-corrected chi connectivity index (χ1v) is 4.06. The van der Waals surface area contributed by atoms with Crippen molar-refractivity contribution in [3.05, 3.63) is 23.8 Å². The second-order valence-corrected chi connectivity index (χ2v) is 3.11. The fraction of sp³-hybridized carbons (Fsp3) is 0.400. The quantitative estimate of drug-likeness (QED) is 0.731. The molecule has 1 aromatic rings. The van der Waals surface area contributed by atoms with Crippen molar-refractivity contribution in [1.82, 2.24) is 0 Å². The highest BCUT2D eigenvalue weighted by atomic mass is 16.5. The zero-order valence-electron chi connectivity index (χ0n) is 7.66. The molecule has 66 valence electrons. The van der Waals surface area contributed by atoms with E-state index in [0.29, 0.717) is 5.75 Å². The summed E-state index contributed by atoms with van der Waals surface area (Å²) in [6.07, 6.45) is 0.175. The van der Waals surface area contributed by atoms with E-state index < -0.39 is 0 Å². The van der Waals surface area contributed by atoms with E-state index in [1.165, 1.54) is 0 Å². The number of phenolic OH excluding ortho intramolecular Hbond substituents is 1. The lowest BCUT2D eigenvalue weighted by atomic mass is 10.2. The zero-order valence-corrected chi connectivity index (χ0v) is 7.66. The maximum atomic E-state index is 9.22. The van der Waals surface area contributed by atoms with Crippen molar-refractivity contribution in [3.8, 4) is 11.5 Å². The molecule has 0 aliphatic rings. The van der Waals surface area contributed by atoms with Crippen LogP contribution in [0.2, 0.25) is 0 Å². The van der Waals surface area contributed by atoms with Crippen LogP contribution in [0.25, 0.3) is 0 Å². The Labute approximate surface area is 72.8 Å². The SMILES string of the molecule is Cc1cc(OC(C)C)ccc1O. The number of ether oxygens (including phenoxy) is 1. The van der Waals surface area contributed by atoms with Crippen LogP contribution in [-0.2, 0) is 0 Å². The van der Waals surface area contributed by atoms with Crippen molar-refractivity contribution >= 4 is 0 Å². The minimum Gasteiger partial charge on any atom is -0.508 e. The molecule has 1 rings (SSSR count). The molecule has 12 heavy (non-hydrogen) atoms. The normalized spacial score (nSPS) is 10.3. The monoisotopic (exact) mass is 166 g/mol. The lowest BCUT2D eigenvalue weighted by Gasteiger charge is -2.10. The number of rotatable bonds is 2. The summed E-state index contributed by atoms with van der Waals surface area (Å²) in [7, 11) is 0. The predicted molar refractivity (Wildman–Crippen MR) is 48.6 cm³/mol. The van der Waals surface area contributed by atoms with Gasteiger partial charge < -0.3 is 9.84 Å². The number of aryl methyl sites for hydroxylation is 1. The van der Waals surface area contributed by atoms with Gasteiger partial charge in [-0.2, -0.15) is 0 Å². The molecule has 0 bridgehead atoms. The van der Waals surface area contributed by atoms with Crippen LogP contribution in [0.5, 0.6) is 11.5 Å². The predicted octanol–water partition coefficient (Wildman–Crippen LogP) is 2.49. The molecule has 0 spiro atoms. The molecule has 1 N–H and O–H groups in total. The molecule has 0 saturated carbocycles. The Bertz CT molecular complexity index is 267. The molecule has 0 fully saturated rings. The Morgan fingerprint density at radius 3 is 2.50 bits per heavy atom. The summed E-state index contributed by atoms with van der Waals surface area (Å²) < 4.78 is 5.44. The summed E-state index contributed by atoms with van der Waals surface area (Å²) in [4.78, 5) is 0. The Morgan fingerprint density at radius 2 is 2.00 bits per heavy atom. The maximum absolute atomic E-state index is 9.22. The third kappa shape index (κ3) is 2.16. The minimum atomic E-state index is 0.175. The van der Waals surface area contributed by atoms with Gasteiger partial charge in [0.2, 0.25) is 0 Å². The van der Waals surface area contributed by atoms with Gasteiger partial charge in [0.1, 0.15) is 11.5 Å². The highest BCUT2D eigenvalue weighted by molar-refractivity contribution is 5.38. The highest BCUT2D eigenvalue weighted by Crippen LogP contribution is 2.22. The van der Waals surface area contributed by atoms with Gasteiger partial charge in [-0.25, -0.2) is 0 Å². The van der Waals surface area contributed by atoms with Crippen molar-refractivity contribution in [2.24, 2.45) is 0 Å². The summed E-state index contributed by atoms with van der Waals surface area (Å²) in [6, 6.07) is 5.24. The average Bonchev–Trinajstić information content (AvgIpc) is 1.96. The molecule has 2 nitrogen and oxygen atoms in total. The van der Waals surface area contributed by atoms with Gasteiger partial charge in [-0.1, -0.05) is 0 Å². The molecule has 0 aliphatic heterocycles. The lowest BCUT2D eigenvalue weighted by molar-refractivity contribution is 0.242. The first-order valence-electron chi connectivity index (χ1n) is 4.06. The molecular formula is C10H14O2. The van der Waals surface area contributed by atoms with Crippen molar-refractivity contribution in [2.75, 3.05) is 0 Å². The summed E-state index contributed by atoms with van der Waals surface area (Å²) in [5.74, 6) is 1.12. The minimum absolute atomic E-state index is 0.175. The number of benzene rings is 1. The molecule has 0 amide bonds. The summed E-state index contributed by atoms with van der Waals surface area (Å²) >= 11 is 0. The van der Waals surface area contributed by atoms with Crippen LogP contribution < -0.4 is 4.74 Å². The van der Waals surface area contributed by atoms with Crippen LogP contribution in [0, 0.1) is 6.92 Å². The third-order valence-corrected chi connectivity index (χ3v) is 1.54. The van der Waals surface area contributed by atoms with E-state index in [0.717, 1.165) is 11.3 Å². The van der Waals surface area contributed by atoms with E-state index in [4.69, 9.17) is 4.74 Å². The van der Waals surface area contributed by atoms with Crippen LogP contribution in [-0.4, -0.2) is 11.2 Å². The molecule has 2 heteroatoms. The molecule has 0 radical (unpaired) electrons. The van der Waals surface area contributed by atoms with Crippen LogP contribution in [0.4, 0.5) is 0 Å². The number of phenols is 1. The summed E-state index contributed by atoms with van der Waals surface area (Å²) in [6.45, 7) is 5.80. The molecular weight excluding hydrogens is 152 g/mol. The summed E-state index contributed by atoms with van der Waals surface area (Å²) in [5.41, 5.74) is 0.841. The van der Waals surface area contributed by atoms with Gasteiger partial charge in [0.15, 0.2) is 0 Å².